The zero-order chi connectivity index (χ0) is 14.7. The first-order valence-electron chi connectivity index (χ1n) is 6.27. The first kappa shape index (κ1) is 17.8. The summed E-state index contributed by atoms with van der Waals surface area (Å²) in [4.78, 5) is 32.7. The van der Waals surface area contributed by atoms with E-state index < -0.39 is 12.0 Å². The van der Waals surface area contributed by atoms with Crippen LogP contribution >= 0.6 is 11.8 Å². The summed E-state index contributed by atoms with van der Waals surface area (Å²) in [5, 5.41) is 10.8. The van der Waals surface area contributed by atoms with E-state index in [1.165, 1.54) is 11.8 Å². The highest BCUT2D eigenvalue weighted by atomic mass is 32.2. The SMILES string of the molecule is CCCC(SCCC(NC=O)C(=O)O)C(=O)OCC. The van der Waals surface area contributed by atoms with Gasteiger partial charge in [-0.25, -0.2) is 4.79 Å². The zero-order valence-corrected chi connectivity index (χ0v) is 12.1. The van der Waals surface area contributed by atoms with Gasteiger partial charge in [-0.3, -0.25) is 9.59 Å². The Labute approximate surface area is 117 Å². The van der Waals surface area contributed by atoms with Crippen LogP contribution in [0, 0.1) is 0 Å². The van der Waals surface area contributed by atoms with E-state index in [4.69, 9.17) is 9.84 Å². The maximum absolute atomic E-state index is 11.6. The number of hydrogen-bond acceptors (Lipinski definition) is 5. The molecule has 0 aromatic heterocycles. The molecule has 0 radical (unpaired) electrons. The van der Waals surface area contributed by atoms with Crippen LogP contribution in [0.15, 0.2) is 0 Å². The largest absolute Gasteiger partial charge is 0.480 e. The fourth-order valence-corrected chi connectivity index (χ4v) is 2.72. The molecule has 6 nitrogen and oxygen atoms in total. The van der Waals surface area contributed by atoms with Crippen molar-refractivity contribution in [3.8, 4) is 0 Å². The number of carbonyl (C=O) groups is 3. The number of thioether (sulfide) groups is 1. The van der Waals surface area contributed by atoms with Gasteiger partial charge in [0.05, 0.1) is 6.61 Å². The summed E-state index contributed by atoms with van der Waals surface area (Å²) >= 11 is 1.37. The molecule has 0 aromatic rings. The van der Waals surface area contributed by atoms with Gasteiger partial charge in [-0.1, -0.05) is 13.3 Å². The van der Waals surface area contributed by atoms with E-state index in [2.05, 4.69) is 5.32 Å². The Hall–Kier alpha value is -1.24. The van der Waals surface area contributed by atoms with E-state index >= 15 is 0 Å². The van der Waals surface area contributed by atoms with Crippen LogP contribution in [0.1, 0.15) is 33.1 Å². The molecule has 0 aliphatic rings. The lowest BCUT2D eigenvalue weighted by Crippen LogP contribution is -2.36. The van der Waals surface area contributed by atoms with Crippen LogP contribution in [0.4, 0.5) is 0 Å². The van der Waals surface area contributed by atoms with Crippen LogP contribution < -0.4 is 5.32 Å². The molecule has 0 saturated heterocycles. The highest BCUT2D eigenvalue weighted by Crippen LogP contribution is 2.19. The van der Waals surface area contributed by atoms with Crippen molar-refractivity contribution in [1.29, 1.82) is 0 Å². The van der Waals surface area contributed by atoms with Gasteiger partial charge in [-0.05, 0) is 25.5 Å². The third-order valence-corrected chi connectivity index (χ3v) is 3.70. The summed E-state index contributed by atoms with van der Waals surface area (Å²) in [7, 11) is 0. The van der Waals surface area contributed by atoms with Crippen molar-refractivity contribution >= 4 is 30.1 Å². The summed E-state index contributed by atoms with van der Waals surface area (Å²) < 4.78 is 4.96. The molecule has 2 atom stereocenters. The van der Waals surface area contributed by atoms with E-state index in [1.807, 2.05) is 6.92 Å². The second-order valence-corrected chi connectivity index (χ2v) is 5.17. The van der Waals surface area contributed by atoms with Crippen LogP contribution in [-0.4, -0.2) is 47.1 Å². The second kappa shape index (κ2) is 10.7. The highest BCUT2D eigenvalue weighted by molar-refractivity contribution is 8.00. The first-order valence-corrected chi connectivity index (χ1v) is 7.32. The summed E-state index contributed by atoms with van der Waals surface area (Å²) in [5.41, 5.74) is 0. The smallest absolute Gasteiger partial charge is 0.326 e. The van der Waals surface area contributed by atoms with Gasteiger partial charge < -0.3 is 15.2 Å². The highest BCUT2D eigenvalue weighted by Gasteiger charge is 2.21. The van der Waals surface area contributed by atoms with Crippen molar-refractivity contribution in [2.75, 3.05) is 12.4 Å². The molecule has 19 heavy (non-hydrogen) atoms. The molecule has 0 fully saturated rings. The Morgan fingerprint density at radius 2 is 2.05 bits per heavy atom. The van der Waals surface area contributed by atoms with Gasteiger partial charge >= 0.3 is 11.9 Å². The number of nitrogens with one attached hydrogen (secondary N) is 1. The van der Waals surface area contributed by atoms with Crippen molar-refractivity contribution < 1.29 is 24.2 Å². The Balaban J connectivity index is 4.19. The molecule has 0 aromatic carbocycles. The lowest BCUT2D eigenvalue weighted by atomic mass is 10.2. The van der Waals surface area contributed by atoms with Gasteiger partial charge in [-0.15, -0.1) is 11.8 Å². The third kappa shape index (κ3) is 7.71. The fourth-order valence-electron chi connectivity index (χ4n) is 1.46. The van der Waals surface area contributed by atoms with Gasteiger partial charge in [0.25, 0.3) is 0 Å². The number of carbonyl (C=O) groups excluding carboxylic acids is 2. The Bertz CT molecular complexity index is 298. The molecule has 7 heteroatoms. The van der Waals surface area contributed by atoms with E-state index in [9.17, 15) is 14.4 Å². The molecular weight excluding hydrogens is 270 g/mol. The summed E-state index contributed by atoms with van der Waals surface area (Å²) in [6.45, 7) is 4.06. The number of hydrogen-bond donors (Lipinski definition) is 2. The van der Waals surface area contributed by atoms with E-state index in [1.54, 1.807) is 6.92 Å². The van der Waals surface area contributed by atoms with E-state index in [-0.39, 0.29) is 17.6 Å². The second-order valence-electron chi connectivity index (χ2n) is 3.86. The molecule has 2 N–H and O–H groups in total. The number of aliphatic carboxylic acids is 1. The molecule has 0 saturated carbocycles. The Kier molecular flexibility index (Phi) is 9.97. The molecule has 0 heterocycles. The van der Waals surface area contributed by atoms with Crippen LogP contribution in [0.5, 0.6) is 0 Å². The normalized spacial score (nSPS) is 13.4. The van der Waals surface area contributed by atoms with Crippen molar-refractivity contribution in [3.05, 3.63) is 0 Å². The number of ether oxygens (including phenoxy) is 1. The lowest BCUT2D eigenvalue weighted by Gasteiger charge is -2.16. The van der Waals surface area contributed by atoms with Gasteiger partial charge in [0.2, 0.25) is 6.41 Å². The first-order chi connectivity index (χ1) is 9.06. The number of carboxylic acids is 1. The van der Waals surface area contributed by atoms with Gasteiger partial charge in [0, 0.05) is 0 Å². The third-order valence-electron chi connectivity index (χ3n) is 2.39. The standard InChI is InChI=1S/C12H21NO5S/c1-3-5-10(12(17)18-4-2)19-7-6-9(11(15)16)13-8-14/h8-10H,3-7H2,1-2H3,(H,13,14)(H,15,16). The van der Waals surface area contributed by atoms with Crippen LogP contribution in [0.3, 0.4) is 0 Å². The van der Waals surface area contributed by atoms with Gasteiger partial charge in [0.1, 0.15) is 11.3 Å². The van der Waals surface area contributed by atoms with Crippen molar-refractivity contribution in [3.63, 3.8) is 0 Å². The summed E-state index contributed by atoms with van der Waals surface area (Å²) in [6, 6.07) is -0.908. The number of esters is 1. The molecule has 110 valence electrons. The van der Waals surface area contributed by atoms with E-state index in [0.29, 0.717) is 25.2 Å². The zero-order valence-electron chi connectivity index (χ0n) is 11.3. The van der Waals surface area contributed by atoms with Crippen LogP contribution in [0.25, 0.3) is 0 Å². The number of carboxylic acid groups (broad SMARTS) is 1. The summed E-state index contributed by atoms with van der Waals surface area (Å²) in [5.74, 6) is -0.859. The summed E-state index contributed by atoms with van der Waals surface area (Å²) in [6.07, 6.45) is 2.20. The van der Waals surface area contributed by atoms with Crippen LogP contribution in [0.2, 0.25) is 0 Å². The van der Waals surface area contributed by atoms with E-state index in [0.717, 1.165) is 6.42 Å². The molecule has 0 spiro atoms. The topological polar surface area (TPSA) is 92.7 Å². The Morgan fingerprint density at radius 3 is 2.53 bits per heavy atom. The molecule has 0 aliphatic carbocycles. The molecule has 0 aliphatic heterocycles. The average molecular weight is 291 g/mol. The maximum atomic E-state index is 11.6. The number of rotatable bonds is 11. The predicted octanol–water partition coefficient (Wildman–Crippen LogP) is 1.04. The van der Waals surface area contributed by atoms with Crippen LogP contribution in [-0.2, 0) is 19.1 Å². The monoisotopic (exact) mass is 291 g/mol. The molecule has 2 unspecified atom stereocenters. The van der Waals surface area contributed by atoms with Gasteiger partial charge in [-0.2, -0.15) is 0 Å². The molecule has 0 bridgehead atoms. The maximum Gasteiger partial charge on any atom is 0.326 e. The molecule has 0 rings (SSSR count). The minimum atomic E-state index is -1.07. The lowest BCUT2D eigenvalue weighted by molar-refractivity contribution is -0.142. The quantitative estimate of drug-likeness (QED) is 0.436. The van der Waals surface area contributed by atoms with Crippen molar-refractivity contribution in [2.24, 2.45) is 0 Å². The van der Waals surface area contributed by atoms with Crippen molar-refractivity contribution in [2.45, 2.75) is 44.4 Å². The minimum Gasteiger partial charge on any atom is -0.480 e. The fraction of sp³-hybridized carbons (Fsp3) is 0.750. The predicted molar refractivity (Wildman–Crippen MR) is 73.0 cm³/mol. The average Bonchev–Trinajstić information content (AvgIpc) is 2.36. The Morgan fingerprint density at radius 1 is 1.37 bits per heavy atom. The van der Waals surface area contributed by atoms with Gasteiger partial charge in [0.15, 0.2) is 0 Å². The van der Waals surface area contributed by atoms with Crippen molar-refractivity contribution in [1.82, 2.24) is 5.32 Å². The molecular formula is C12H21NO5S. The number of amides is 1. The minimum absolute atomic E-state index is 0.260. The molecule has 1 amide bonds.